The van der Waals surface area contributed by atoms with Crippen LogP contribution in [0.15, 0.2) is 42.5 Å². The van der Waals surface area contributed by atoms with Gasteiger partial charge in [0.25, 0.3) is 11.8 Å². The van der Waals surface area contributed by atoms with Gasteiger partial charge in [-0.05, 0) is 31.0 Å². The third-order valence-electron chi connectivity index (χ3n) is 4.98. The standard InChI is InChI=1S/C22H26F3N3O2/c1-4-8-17(15-9-6-5-7-10-15)27-22(30)14(2)28(3)13-19(29)26-18-12-11-16(23)20(24)21(18)25/h5-7,9-12,14,17H,4,8,13H2,1-3H3,(H,26,29)(H,27,30)/p+1/t14-,17-/m0/s1. The molecular formula is C22H27F3N3O2+. The number of amides is 2. The molecule has 162 valence electrons. The zero-order valence-corrected chi connectivity index (χ0v) is 17.3. The van der Waals surface area contributed by atoms with Gasteiger partial charge >= 0.3 is 0 Å². The first-order chi connectivity index (χ1) is 14.2. The van der Waals surface area contributed by atoms with Gasteiger partial charge in [0.1, 0.15) is 0 Å². The second kappa shape index (κ2) is 10.8. The number of benzene rings is 2. The lowest BCUT2D eigenvalue weighted by atomic mass is 10.0. The van der Waals surface area contributed by atoms with Gasteiger partial charge in [0, 0.05) is 0 Å². The molecule has 0 saturated heterocycles. The smallest absolute Gasteiger partial charge is 0.279 e. The van der Waals surface area contributed by atoms with E-state index in [1.54, 1.807) is 14.0 Å². The van der Waals surface area contributed by atoms with E-state index in [9.17, 15) is 22.8 Å². The lowest BCUT2D eigenvalue weighted by Gasteiger charge is -2.24. The summed E-state index contributed by atoms with van der Waals surface area (Å²) in [5.41, 5.74) is 0.556. The largest absolute Gasteiger partial charge is 0.344 e. The van der Waals surface area contributed by atoms with Crippen LogP contribution < -0.4 is 15.5 Å². The van der Waals surface area contributed by atoms with Gasteiger partial charge in [-0.2, -0.15) is 0 Å². The van der Waals surface area contributed by atoms with Gasteiger partial charge in [0.05, 0.1) is 18.8 Å². The lowest BCUT2D eigenvalue weighted by Crippen LogP contribution is -3.15. The molecule has 5 nitrogen and oxygen atoms in total. The summed E-state index contributed by atoms with van der Waals surface area (Å²) in [4.78, 5) is 25.5. The highest BCUT2D eigenvalue weighted by Gasteiger charge is 2.26. The first-order valence-corrected chi connectivity index (χ1v) is 9.85. The molecule has 2 rings (SSSR count). The van der Waals surface area contributed by atoms with E-state index in [0.717, 1.165) is 30.5 Å². The third kappa shape index (κ3) is 6.06. The van der Waals surface area contributed by atoms with Crippen LogP contribution in [0.5, 0.6) is 0 Å². The van der Waals surface area contributed by atoms with Crippen LogP contribution in [-0.4, -0.2) is 31.4 Å². The van der Waals surface area contributed by atoms with Crippen LogP contribution in [0.25, 0.3) is 0 Å². The van der Waals surface area contributed by atoms with Crippen LogP contribution >= 0.6 is 0 Å². The summed E-state index contributed by atoms with van der Waals surface area (Å²) in [7, 11) is 1.66. The molecule has 3 N–H and O–H groups in total. The highest BCUT2D eigenvalue weighted by Crippen LogP contribution is 2.19. The molecule has 0 saturated carbocycles. The first-order valence-electron chi connectivity index (χ1n) is 9.85. The quantitative estimate of drug-likeness (QED) is 0.544. The van der Waals surface area contributed by atoms with Crippen molar-refractivity contribution in [3.8, 4) is 0 Å². The maximum atomic E-state index is 13.7. The molecule has 1 unspecified atom stereocenters. The number of halogens is 3. The normalized spacial score (nSPS) is 13.9. The van der Waals surface area contributed by atoms with E-state index < -0.39 is 35.1 Å². The van der Waals surface area contributed by atoms with Crippen LogP contribution in [-0.2, 0) is 9.59 Å². The minimum atomic E-state index is -1.65. The molecule has 0 aliphatic rings. The molecule has 2 amide bonds. The zero-order chi connectivity index (χ0) is 22.3. The molecule has 0 radical (unpaired) electrons. The highest BCUT2D eigenvalue weighted by molar-refractivity contribution is 5.91. The third-order valence-corrected chi connectivity index (χ3v) is 4.98. The fourth-order valence-corrected chi connectivity index (χ4v) is 3.04. The summed E-state index contributed by atoms with van der Waals surface area (Å²) in [6, 6.07) is 10.6. The van der Waals surface area contributed by atoms with Gasteiger partial charge in [-0.1, -0.05) is 43.7 Å². The van der Waals surface area contributed by atoms with E-state index in [0.29, 0.717) is 4.90 Å². The zero-order valence-electron chi connectivity index (χ0n) is 17.3. The first kappa shape index (κ1) is 23.4. The predicted octanol–water partition coefficient (Wildman–Crippen LogP) is 2.60. The second-order valence-corrected chi connectivity index (χ2v) is 7.28. The van der Waals surface area contributed by atoms with Crippen molar-refractivity contribution in [3.05, 3.63) is 65.5 Å². The maximum absolute atomic E-state index is 13.7. The lowest BCUT2D eigenvalue weighted by molar-refractivity contribution is -0.885. The number of quaternary nitrogens is 1. The van der Waals surface area contributed by atoms with Crippen molar-refractivity contribution >= 4 is 17.5 Å². The van der Waals surface area contributed by atoms with E-state index in [1.807, 2.05) is 37.3 Å². The van der Waals surface area contributed by atoms with Gasteiger partial charge in [-0.15, -0.1) is 0 Å². The van der Waals surface area contributed by atoms with Crippen molar-refractivity contribution in [2.45, 2.75) is 38.8 Å². The van der Waals surface area contributed by atoms with Gasteiger partial charge < -0.3 is 15.5 Å². The number of carbonyl (C=O) groups excluding carboxylic acids is 2. The Hall–Kier alpha value is -2.87. The molecule has 3 atom stereocenters. The average molecular weight is 422 g/mol. The Bertz CT molecular complexity index is 877. The number of anilines is 1. The van der Waals surface area contributed by atoms with Crippen LogP contribution in [0.2, 0.25) is 0 Å². The van der Waals surface area contributed by atoms with E-state index in [2.05, 4.69) is 10.6 Å². The number of rotatable bonds is 9. The minimum Gasteiger partial charge on any atom is -0.344 e. The van der Waals surface area contributed by atoms with Crippen molar-refractivity contribution in [2.75, 3.05) is 18.9 Å². The summed E-state index contributed by atoms with van der Waals surface area (Å²) in [6.07, 6.45) is 1.66. The molecule has 8 heteroatoms. The Morgan fingerprint density at radius 2 is 1.70 bits per heavy atom. The predicted molar refractivity (Wildman–Crippen MR) is 108 cm³/mol. The molecule has 0 aliphatic carbocycles. The van der Waals surface area contributed by atoms with Crippen molar-refractivity contribution in [1.29, 1.82) is 0 Å². The number of hydrogen-bond acceptors (Lipinski definition) is 2. The van der Waals surface area contributed by atoms with E-state index in [4.69, 9.17) is 0 Å². The number of likely N-dealkylation sites (N-methyl/N-ethyl adjacent to an activating group) is 1. The molecule has 0 fully saturated rings. The summed E-state index contributed by atoms with van der Waals surface area (Å²) in [5, 5.41) is 5.23. The van der Waals surface area contributed by atoms with Gasteiger partial charge in [0.15, 0.2) is 30.0 Å². The summed E-state index contributed by atoms with van der Waals surface area (Å²) in [5.74, 6) is -5.29. The van der Waals surface area contributed by atoms with Crippen LogP contribution in [0.4, 0.5) is 18.9 Å². The molecule has 0 heterocycles. The Kier molecular flexibility index (Phi) is 8.41. The van der Waals surface area contributed by atoms with Crippen molar-refractivity contribution in [1.82, 2.24) is 5.32 Å². The van der Waals surface area contributed by atoms with Gasteiger partial charge in [-0.25, -0.2) is 13.2 Å². The molecule has 30 heavy (non-hydrogen) atoms. The molecule has 0 bridgehead atoms. The van der Waals surface area contributed by atoms with Crippen molar-refractivity contribution < 1.29 is 27.7 Å². The monoisotopic (exact) mass is 422 g/mol. The SMILES string of the molecule is CCC[C@H](NC(=O)[C@H](C)[NH+](C)CC(=O)Nc1ccc(F)c(F)c1F)c1ccccc1. The fourth-order valence-electron chi connectivity index (χ4n) is 3.04. The average Bonchev–Trinajstić information content (AvgIpc) is 2.73. The van der Waals surface area contributed by atoms with E-state index >= 15 is 0 Å². The van der Waals surface area contributed by atoms with Crippen LogP contribution in [0, 0.1) is 17.5 Å². The van der Waals surface area contributed by atoms with Crippen molar-refractivity contribution in [2.24, 2.45) is 0 Å². The Balaban J connectivity index is 1.97. The Morgan fingerprint density at radius 3 is 2.33 bits per heavy atom. The number of carbonyl (C=O) groups is 2. The molecule has 2 aromatic carbocycles. The van der Waals surface area contributed by atoms with Crippen molar-refractivity contribution in [3.63, 3.8) is 0 Å². The Labute approximate surface area is 174 Å². The molecular weight excluding hydrogens is 395 g/mol. The summed E-state index contributed by atoms with van der Waals surface area (Å²) >= 11 is 0. The van der Waals surface area contributed by atoms with Crippen LogP contribution in [0.3, 0.4) is 0 Å². The van der Waals surface area contributed by atoms with E-state index in [-0.39, 0.29) is 18.5 Å². The Morgan fingerprint density at radius 1 is 1.03 bits per heavy atom. The van der Waals surface area contributed by atoms with Crippen LogP contribution in [0.1, 0.15) is 38.3 Å². The molecule has 0 spiro atoms. The second-order valence-electron chi connectivity index (χ2n) is 7.28. The molecule has 2 aromatic rings. The van der Waals surface area contributed by atoms with Gasteiger partial charge in [-0.3, -0.25) is 9.59 Å². The number of nitrogens with one attached hydrogen (secondary N) is 3. The maximum Gasteiger partial charge on any atom is 0.279 e. The summed E-state index contributed by atoms with van der Waals surface area (Å²) in [6.45, 7) is 3.56. The molecule has 0 aliphatic heterocycles. The van der Waals surface area contributed by atoms with Gasteiger partial charge in [0.2, 0.25) is 0 Å². The molecule has 0 aromatic heterocycles. The fraction of sp³-hybridized carbons (Fsp3) is 0.364. The minimum absolute atomic E-state index is 0.135. The number of hydrogen-bond donors (Lipinski definition) is 3. The highest BCUT2D eigenvalue weighted by atomic mass is 19.2. The summed E-state index contributed by atoms with van der Waals surface area (Å²) < 4.78 is 40.0. The van der Waals surface area contributed by atoms with E-state index in [1.165, 1.54) is 0 Å². The topological polar surface area (TPSA) is 62.6 Å².